The van der Waals surface area contributed by atoms with Crippen molar-refractivity contribution in [1.29, 1.82) is 0 Å². The highest BCUT2D eigenvalue weighted by atomic mass is 16.4. The van der Waals surface area contributed by atoms with Gasteiger partial charge < -0.3 is 10.0 Å². The second kappa shape index (κ2) is 7.68. The number of benzene rings is 1. The molecule has 1 N–H and O–H groups in total. The van der Waals surface area contributed by atoms with Gasteiger partial charge >= 0.3 is 5.97 Å². The predicted octanol–water partition coefficient (Wildman–Crippen LogP) is 2.56. The molecule has 0 unspecified atom stereocenters. The first-order valence-electron chi connectivity index (χ1n) is 6.99. The van der Waals surface area contributed by atoms with E-state index in [2.05, 4.69) is 18.2 Å². The fourth-order valence-electron chi connectivity index (χ4n) is 2.35. The summed E-state index contributed by atoms with van der Waals surface area (Å²) in [5.41, 5.74) is 3.49. The molecular weight excluding hydrogens is 254 g/mol. The zero-order valence-corrected chi connectivity index (χ0v) is 12.5. The molecule has 0 saturated heterocycles. The average molecular weight is 277 g/mol. The molecule has 1 amide bonds. The van der Waals surface area contributed by atoms with Gasteiger partial charge in [0, 0.05) is 13.0 Å². The molecule has 0 aliphatic carbocycles. The zero-order valence-electron chi connectivity index (χ0n) is 12.5. The highest BCUT2D eigenvalue weighted by Gasteiger charge is 2.15. The van der Waals surface area contributed by atoms with Crippen molar-refractivity contribution >= 4 is 11.9 Å². The SMILES string of the molecule is CCCN(CC(=O)O)C(=O)CCc1cc(C)cc(C)c1. The number of hydrogen-bond donors (Lipinski definition) is 1. The molecule has 0 aliphatic rings. The molecular formula is C16H23NO3. The van der Waals surface area contributed by atoms with Crippen LogP contribution in [0.4, 0.5) is 0 Å². The van der Waals surface area contributed by atoms with E-state index in [1.54, 1.807) is 0 Å². The Morgan fingerprint density at radius 3 is 2.25 bits per heavy atom. The maximum Gasteiger partial charge on any atom is 0.323 e. The van der Waals surface area contributed by atoms with Crippen molar-refractivity contribution in [3.8, 4) is 0 Å². The summed E-state index contributed by atoms with van der Waals surface area (Å²) in [5, 5.41) is 8.82. The Labute approximate surface area is 120 Å². The van der Waals surface area contributed by atoms with Gasteiger partial charge in [-0.3, -0.25) is 9.59 Å². The lowest BCUT2D eigenvalue weighted by Gasteiger charge is -2.20. The smallest absolute Gasteiger partial charge is 0.323 e. The molecule has 1 aromatic carbocycles. The number of carbonyl (C=O) groups is 2. The monoisotopic (exact) mass is 277 g/mol. The van der Waals surface area contributed by atoms with Crippen LogP contribution in [0.1, 0.15) is 36.5 Å². The zero-order chi connectivity index (χ0) is 15.1. The fraction of sp³-hybridized carbons (Fsp3) is 0.500. The third kappa shape index (κ3) is 5.43. The first-order valence-corrected chi connectivity index (χ1v) is 6.99. The molecule has 0 aromatic heterocycles. The Kier molecular flexibility index (Phi) is 6.22. The molecule has 0 radical (unpaired) electrons. The number of aliphatic carboxylic acids is 1. The van der Waals surface area contributed by atoms with Crippen LogP contribution < -0.4 is 0 Å². The highest BCUT2D eigenvalue weighted by Crippen LogP contribution is 2.11. The fourth-order valence-corrected chi connectivity index (χ4v) is 2.35. The van der Waals surface area contributed by atoms with Crippen LogP contribution in [0, 0.1) is 13.8 Å². The van der Waals surface area contributed by atoms with Crippen LogP contribution in [0.5, 0.6) is 0 Å². The minimum atomic E-state index is -0.960. The minimum Gasteiger partial charge on any atom is -0.480 e. The Hall–Kier alpha value is -1.84. The molecule has 4 heteroatoms. The van der Waals surface area contributed by atoms with Gasteiger partial charge in [0.1, 0.15) is 6.54 Å². The molecule has 20 heavy (non-hydrogen) atoms. The van der Waals surface area contributed by atoms with Gasteiger partial charge in [0.2, 0.25) is 5.91 Å². The Morgan fingerprint density at radius 1 is 1.15 bits per heavy atom. The van der Waals surface area contributed by atoms with Crippen LogP contribution in [0.3, 0.4) is 0 Å². The van der Waals surface area contributed by atoms with Crippen molar-refractivity contribution in [2.75, 3.05) is 13.1 Å². The second-order valence-electron chi connectivity index (χ2n) is 5.20. The van der Waals surface area contributed by atoms with E-state index < -0.39 is 5.97 Å². The average Bonchev–Trinajstić information content (AvgIpc) is 2.33. The van der Waals surface area contributed by atoms with E-state index in [0.29, 0.717) is 19.4 Å². The van der Waals surface area contributed by atoms with Gasteiger partial charge in [-0.1, -0.05) is 36.2 Å². The van der Waals surface area contributed by atoms with Crippen LogP contribution in [0.2, 0.25) is 0 Å². The van der Waals surface area contributed by atoms with Gasteiger partial charge in [-0.05, 0) is 32.3 Å². The molecule has 1 rings (SSSR count). The lowest BCUT2D eigenvalue weighted by molar-refractivity contribution is -0.144. The summed E-state index contributed by atoms with van der Waals surface area (Å²) in [6.07, 6.45) is 1.78. The first-order chi connectivity index (χ1) is 9.42. The lowest BCUT2D eigenvalue weighted by Crippen LogP contribution is -2.36. The molecule has 0 heterocycles. The van der Waals surface area contributed by atoms with Crippen molar-refractivity contribution < 1.29 is 14.7 Å². The van der Waals surface area contributed by atoms with Gasteiger partial charge in [-0.25, -0.2) is 0 Å². The molecule has 0 atom stereocenters. The van der Waals surface area contributed by atoms with Crippen LogP contribution in [-0.4, -0.2) is 35.0 Å². The number of rotatable bonds is 7. The summed E-state index contributed by atoms with van der Waals surface area (Å²) in [5.74, 6) is -1.05. The maximum absolute atomic E-state index is 12.1. The minimum absolute atomic E-state index is 0.0894. The number of carboxylic acids is 1. The summed E-state index contributed by atoms with van der Waals surface area (Å²) in [4.78, 5) is 24.3. The highest BCUT2D eigenvalue weighted by molar-refractivity contribution is 5.81. The van der Waals surface area contributed by atoms with E-state index in [0.717, 1.165) is 12.0 Å². The van der Waals surface area contributed by atoms with Gasteiger partial charge in [0.05, 0.1) is 0 Å². The third-order valence-corrected chi connectivity index (χ3v) is 3.08. The number of carboxylic acid groups (broad SMARTS) is 1. The normalized spacial score (nSPS) is 10.3. The van der Waals surface area contributed by atoms with E-state index in [9.17, 15) is 9.59 Å². The van der Waals surface area contributed by atoms with Gasteiger partial charge in [-0.2, -0.15) is 0 Å². The Balaban J connectivity index is 2.61. The largest absolute Gasteiger partial charge is 0.480 e. The molecule has 0 saturated carbocycles. The molecule has 1 aromatic rings. The number of carbonyl (C=O) groups excluding carboxylic acids is 1. The summed E-state index contributed by atoms with van der Waals surface area (Å²) in [6.45, 7) is 6.29. The van der Waals surface area contributed by atoms with Crippen molar-refractivity contribution in [3.63, 3.8) is 0 Å². The summed E-state index contributed by atoms with van der Waals surface area (Å²) >= 11 is 0. The van der Waals surface area contributed by atoms with Crippen molar-refractivity contribution in [1.82, 2.24) is 4.90 Å². The van der Waals surface area contributed by atoms with Crippen molar-refractivity contribution in [2.24, 2.45) is 0 Å². The molecule has 0 spiro atoms. The van der Waals surface area contributed by atoms with Crippen molar-refractivity contribution in [2.45, 2.75) is 40.0 Å². The third-order valence-electron chi connectivity index (χ3n) is 3.08. The van der Waals surface area contributed by atoms with E-state index in [-0.39, 0.29) is 12.5 Å². The summed E-state index contributed by atoms with van der Waals surface area (Å²) in [7, 11) is 0. The number of amides is 1. The maximum atomic E-state index is 12.1. The van der Waals surface area contributed by atoms with Crippen LogP contribution in [-0.2, 0) is 16.0 Å². The van der Waals surface area contributed by atoms with E-state index >= 15 is 0 Å². The van der Waals surface area contributed by atoms with Gasteiger partial charge in [0.15, 0.2) is 0 Å². The van der Waals surface area contributed by atoms with E-state index in [1.807, 2.05) is 20.8 Å². The molecule has 0 bridgehead atoms. The molecule has 110 valence electrons. The summed E-state index contributed by atoms with van der Waals surface area (Å²) < 4.78 is 0. The molecule has 0 aliphatic heterocycles. The van der Waals surface area contributed by atoms with Gasteiger partial charge in [-0.15, -0.1) is 0 Å². The number of nitrogens with zero attached hydrogens (tertiary/aromatic N) is 1. The lowest BCUT2D eigenvalue weighted by atomic mass is 10.0. The van der Waals surface area contributed by atoms with Crippen LogP contribution >= 0.6 is 0 Å². The van der Waals surface area contributed by atoms with Crippen LogP contribution in [0.25, 0.3) is 0 Å². The Morgan fingerprint density at radius 2 is 1.75 bits per heavy atom. The first kappa shape index (κ1) is 16.2. The Bertz CT molecular complexity index is 462. The molecule has 0 fully saturated rings. The van der Waals surface area contributed by atoms with E-state index in [4.69, 9.17) is 5.11 Å². The summed E-state index contributed by atoms with van der Waals surface area (Å²) in [6, 6.07) is 6.24. The topological polar surface area (TPSA) is 57.6 Å². The molecule has 4 nitrogen and oxygen atoms in total. The van der Waals surface area contributed by atoms with Gasteiger partial charge in [0.25, 0.3) is 0 Å². The number of hydrogen-bond acceptors (Lipinski definition) is 2. The predicted molar refractivity (Wildman–Crippen MR) is 78.7 cm³/mol. The number of aryl methyl sites for hydroxylation is 3. The van der Waals surface area contributed by atoms with Crippen LogP contribution in [0.15, 0.2) is 18.2 Å². The van der Waals surface area contributed by atoms with E-state index in [1.165, 1.54) is 16.0 Å². The second-order valence-corrected chi connectivity index (χ2v) is 5.20. The van der Waals surface area contributed by atoms with Crippen molar-refractivity contribution in [3.05, 3.63) is 34.9 Å². The standard InChI is InChI=1S/C16H23NO3/c1-4-7-17(11-16(19)20)15(18)6-5-14-9-12(2)8-13(3)10-14/h8-10H,4-7,11H2,1-3H3,(H,19,20). The quantitative estimate of drug-likeness (QED) is 0.833.